The zero-order chi connectivity index (χ0) is 11.5. The highest BCUT2D eigenvalue weighted by molar-refractivity contribution is 5.30. The third kappa shape index (κ3) is 1.90. The molecule has 1 aromatic heterocycles. The monoisotopic (exact) mass is 217 g/mol. The summed E-state index contributed by atoms with van der Waals surface area (Å²) in [5, 5.41) is 7.66. The highest BCUT2D eigenvalue weighted by Crippen LogP contribution is 2.01. The first-order valence-corrected chi connectivity index (χ1v) is 4.75. The fourth-order valence-corrected chi connectivity index (χ4v) is 1.20. The van der Waals surface area contributed by atoms with Gasteiger partial charge >= 0.3 is 5.69 Å². The smallest absolute Gasteiger partial charge is 0.345 e. The lowest BCUT2D eigenvalue weighted by Crippen LogP contribution is -2.28. The number of anilines is 1. The number of aromatic nitrogens is 4. The Kier molecular flexibility index (Phi) is 2.63. The van der Waals surface area contributed by atoms with E-state index in [1.54, 1.807) is 31.1 Å². The molecule has 0 spiro atoms. The number of nitrogens with zero attached hydrogens (tertiary/aromatic N) is 5. The molecular weight excluding hydrogens is 206 g/mol. The summed E-state index contributed by atoms with van der Waals surface area (Å²) in [6, 6.07) is 9.05. The molecule has 0 aliphatic rings. The van der Waals surface area contributed by atoms with Crippen molar-refractivity contribution in [2.75, 3.05) is 19.0 Å². The number of hydrogen-bond donors (Lipinski definition) is 0. The summed E-state index contributed by atoms with van der Waals surface area (Å²) in [6.45, 7) is 0. The van der Waals surface area contributed by atoms with Crippen LogP contribution in [0, 0.1) is 0 Å². The fraction of sp³-hybridized carbons (Fsp3) is 0.200. The molecule has 0 aliphatic heterocycles. The van der Waals surface area contributed by atoms with Crippen molar-refractivity contribution in [3.05, 3.63) is 40.8 Å². The Morgan fingerprint density at radius 2 is 1.88 bits per heavy atom. The summed E-state index contributed by atoms with van der Waals surface area (Å²) in [5.74, 6) is 0.303. The highest BCUT2D eigenvalue weighted by Gasteiger charge is 2.05. The number of rotatable bonds is 2. The molecule has 0 N–H and O–H groups in total. The molecule has 1 heterocycles. The summed E-state index contributed by atoms with van der Waals surface area (Å²) in [4.78, 5) is 17.1. The summed E-state index contributed by atoms with van der Waals surface area (Å²) in [6.07, 6.45) is 0. The summed E-state index contributed by atoms with van der Waals surface area (Å²) in [7, 11) is 3.51. The molecule has 82 valence electrons. The molecule has 0 saturated carbocycles. The lowest BCUT2D eigenvalue weighted by atomic mass is 10.3. The van der Waals surface area contributed by atoms with E-state index >= 15 is 0 Å². The maximum absolute atomic E-state index is 11.7. The molecule has 0 unspecified atom stereocenters. The van der Waals surface area contributed by atoms with Gasteiger partial charge in [0, 0.05) is 14.1 Å². The van der Waals surface area contributed by atoms with Crippen molar-refractivity contribution in [3.63, 3.8) is 0 Å². The minimum absolute atomic E-state index is 0.303. The SMILES string of the molecule is CN(C)c1nnn(-c2ccccc2)c(=O)n1. The van der Waals surface area contributed by atoms with Crippen LogP contribution < -0.4 is 10.6 Å². The van der Waals surface area contributed by atoms with Gasteiger partial charge in [0.05, 0.1) is 5.69 Å². The Morgan fingerprint density at radius 1 is 1.19 bits per heavy atom. The first-order chi connectivity index (χ1) is 7.68. The van der Waals surface area contributed by atoms with E-state index in [9.17, 15) is 4.79 Å². The Balaban J connectivity index is 2.49. The van der Waals surface area contributed by atoms with E-state index in [4.69, 9.17) is 0 Å². The van der Waals surface area contributed by atoms with Crippen LogP contribution in [0.25, 0.3) is 5.69 Å². The molecule has 0 aliphatic carbocycles. The van der Waals surface area contributed by atoms with Crippen LogP contribution in [0.4, 0.5) is 5.95 Å². The number of benzene rings is 1. The van der Waals surface area contributed by atoms with Crippen molar-refractivity contribution in [2.24, 2.45) is 0 Å². The van der Waals surface area contributed by atoms with E-state index in [1.165, 1.54) is 0 Å². The molecular formula is C10H11N5O. The van der Waals surface area contributed by atoms with Gasteiger partial charge in [0.15, 0.2) is 0 Å². The molecule has 0 radical (unpaired) electrons. The van der Waals surface area contributed by atoms with Crippen LogP contribution in [0.2, 0.25) is 0 Å². The molecule has 1 aromatic carbocycles. The van der Waals surface area contributed by atoms with Gasteiger partial charge in [-0.05, 0) is 12.1 Å². The van der Waals surface area contributed by atoms with Crippen LogP contribution >= 0.6 is 0 Å². The van der Waals surface area contributed by atoms with Crippen LogP contribution in [0.5, 0.6) is 0 Å². The van der Waals surface area contributed by atoms with Gasteiger partial charge in [0.1, 0.15) is 0 Å². The van der Waals surface area contributed by atoms with Crippen LogP contribution in [0.3, 0.4) is 0 Å². The number of hydrogen-bond acceptors (Lipinski definition) is 5. The Bertz CT molecular complexity index is 534. The third-order valence-corrected chi connectivity index (χ3v) is 2.00. The molecule has 0 atom stereocenters. The predicted octanol–water partition coefficient (Wildman–Crippen LogP) is 0.0885. The van der Waals surface area contributed by atoms with Gasteiger partial charge in [-0.25, -0.2) is 4.79 Å². The Hall–Kier alpha value is -2.24. The first-order valence-electron chi connectivity index (χ1n) is 4.75. The van der Waals surface area contributed by atoms with Crippen molar-refractivity contribution >= 4 is 5.95 Å². The van der Waals surface area contributed by atoms with Gasteiger partial charge in [-0.15, -0.1) is 0 Å². The van der Waals surface area contributed by atoms with Crippen LogP contribution in [0.1, 0.15) is 0 Å². The van der Waals surface area contributed by atoms with Crippen LogP contribution in [0.15, 0.2) is 35.1 Å². The standard InChI is InChI=1S/C10H11N5O/c1-14(2)9-11-10(16)15(13-12-9)8-6-4-3-5-7-8/h3-7H,1-2H3. The largest absolute Gasteiger partial charge is 0.373 e. The minimum Gasteiger partial charge on any atom is -0.345 e. The maximum Gasteiger partial charge on any atom is 0.373 e. The van der Waals surface area contributed by atoms with Crippen LogP contribution in [-0.4, -0.2) is 34.1 Å². The highest BCUT2D eigenvalue weighted by atomic mass is 16.1. The first kappa shape index (κ1) is 10.3. The van der Waals surface area contributed by atoms with E-state index in [0.29, 0.717) is 11.6 Å². The van der Waals surface area contributed by atoms with Crippen molar-refractivity contribution in [3.8, 4) is 5.69 Å². The topological polar surface area (TPSA) is 63.9 Å². The molecule has 0 bridgehead atoms. The molecule has 0 amide bonds. The fourth-order valence-electron chi connectivity index (χ4n) is 1.20. The van der Waals surface area contributed by atoms with Gasteiger partial charge in [-0.1, -0.05) is 28.5 Å². The third-order valence-electron chi connectivity index (χ3n) is 2.00. The second kappa shape index (κ2) is 4.09. The molecule has 6 nitrogen and oxygen atoms in total. The average Bonchev–Trinajstić information content (AvgIpc) is 2.30. The quantitative estimate of drug-likeness (QED) is 0.713. The van der Waals surface area contributed by atoms with E-state index in [0.717, 1.165) is 4.68 Å². The van der Waals surface area contributed by atoms with E-state index < -0.39 is 5.69 Å². The summed E-state index contributed by atoms with van der Waals surface area (Å²) >= 11 is 0. The molecule has 0 fully saturated rings. The van der Waals surface area contributed by atoms with Crippen LogP contribution in [-0.2, 0) is 0 Å². The van der Waals surface area contributed by atoms with Crippen molar-refractivity contribution in [1.29, 1.82) is 0 Å². The van der Waals surface area contributed by atoms with E-state index in [2.05, 4.69) is 15.3 Å². The second-order valence-electron chi connectivity index (χ2n) is 3.43. The molecule has 2 rings (SSSR count). The molecule has 16 heavy (non-hydrogen) atoms. The van der Waals surface area contributed by atoms with E-state index in [-0.39, 0.29) is 0 Å². The second-order valence-corrected chi connectivity index (χ2v) is 3.43. The summed E-state index contributed by atoms with van der Waals surface area (Å²) < 4.78 is 1.16. The van der Waals surface area contributed by atoms with Gasteiger partial charge in [-0.2, -0.15) is 9.67 Å². The van der Waals surface area contributed by atoms with Gasteiger partial charge in [0.25, 0.3) is 5.95 Å². The molecule has 2 aromatic rings. The predicted molar refractivity (Wildman–Crippen MR) is 59.8 cm³/mol. The Morgan fingerprint density at radius 3 is 2.44 bits per heavy atom. The lowest BCUT2D eigenvalue weighted by Gasteiger charge is -2.08. The maximum atomic E-state index is 11.7. The molecule has 6 heteroatoms. The molecule has 0 saturated heterocycles. The average molecular weight is 217 g/mol. The zero-order valence-electron chi connectivity index (χ0n) is 9.03. The van der Waals surface area contributed by atoms with Gasteiger partial charge in [0.2, 0.25) is 0 Å². The zero-order valence-corrected chi connectivity index (χ0v) is 9.03. The van der Waals surface area contributed by atoms with Crippen molar-refractivity contribution in [2.45, 2.75) is 0 Å². The van der Waals surface area contributed by atoms with Crippen molar-refractivity contribution < 1.29 is 0 Å². The lowest BCUT2D eigenvalue weighted by molar-refractivity contribution is 0.669. The normalized spacial score (nSPS) is 10.1. The number of para-hydroxylation sites is 1. The van der Waals surface area contributed by atoms with Gasteiger partial charge < -0.3 is 4.90 Å². The van der Waals surface area contributed by atoms with E-state index in [1.807, 2.05) is 18.2 Å². The Labute approximate surface area is 92.2 Å². The minimum atomic E-state index is -0.440. The van der Waals surface area contributed by atoms with Gasteiger partial charge in [-0.3, -0.25) is 0 Å². The van der Waals surface area contributed by atoms with Crippen molar-refractivity contribution in [1.82, 2.24) is 20.0 Å². The summed E-state index contributed by atoms with van der Waals surface area (Å²) in [5.41, 5.74) is 0.211.